The van der Waals surface area contributed by atoms with Crippen molar-refractivity contribution in [1.82, 2.24) is 0 Å². The molecule has 3 nitrogen and oxygen atoms in total. The highest BCUT2D eigenvalue weighted by Gasteiger charge is 2.00. The van der Waals surface area contributed by atoms with Gasteiger partial charge in [0.25, 0.3) is 0 Å². The summed E-state index contributed by atoms with van der Waals surface area (Å²) in [5, 5.41) is 4.29. The van der Waals surface area contributed by atoms with Crippen molar-refractivity contribution < 1.29 is 4.74 Å². The fourth-order valence-electron chi connectivity index (χ4n) is 2.30. The van der Waals surface area contributed by atoms with E-state index in [4.69, 9.17) is 4.74 Å². The van der Waals surface area contributed by atoms with Crippen molar-refractivity contribution in [3.8, 4) is 5.75 Å². The lowest BCUT2D eigenvalue weighted by atomic mass is 10.2. The van der Waals surface area contributed by atoms with Gasteiger partial charge in [-0.25, -0.2) is 0 Å². The summed E-state index contributed by atoms with van der Waals surface area (Å²) < 4.78 is 5.90. The Morgan fingerprint density at radius 2 is 1.65 bits per heavy atom. The van der Waals surface area contributed by atoms with Crippen molar-refractivity contribution in [1.29, 1.82) is 0 Å². The number of benzene rings is 2. The van der Waals surface area contributed by atoms with Crippen LogP contribution < -0.4 is 10.2 Å². The zero-order valence-electron chi connectivity index (χ0n) is 13.9. The summed E-state index contributed by atoms with van der Waals surface area (Å²) in [7, 11) is 0. The van der Waals surface area contributed by atoms with Gasteiger partial charge in [-0.15, -0.1) is 0 Å². The van der Waals surface area contributed by atoms with E-state index in [1.165, 1.54) is 25.7 Å². The topological polar surface area (TPSA) is 33.6 Å². The van der Waals surface area contributed by atoms with Crippen molar-refractivity contribution >= 4 is 11.9 Å². The highest BCUT2D eigenvalue weighted by Crippen LogP contribution is 2.17. The van der Waals surface area contributed by atoms with Crippen LogP contribution in [0.3, 0.4) is 0 Å². The van der Waals surface area contributed by atoms with Gasteiger partial charge in [-0.05, 0) is 30.7 Å². The van der Waals surface area contributed by atoms with Crippen LogP contribution in [-0.2, 0) is 0 Å². The van der Waals surface area contributed by atoms with Gasteiger partial charge in [0.15, 0.2) is 0 Å². The van der Waals surface area contributed by atoms with Gasteiger partial charge >= 0.3 is 0 Å². The molecular weight excluding hydrogens is 284 g/mol. The molecule has 23 heavy (non-hydrogen) atoms. The van der Waals surface area contributed by atoms with Gasteiger partial charge in [0.05, 0.1) is 18.5 Å². The quantitative estimate of drug-likeness (QED) is 0.358. The van der Waals surface area contributed by atoms with Crippen LogP contribution >= 0.6 is 0 Å². The SMILES string of the molecule is CCCCCCCOc1ccccc1/C=N/Nc1ccccc1. The number of anilines is 1. The average Bonchev–Trinajstić information content (AvgIpc) is 2.60. The summed E-state index contributed by atoms with van der Waals surface area (Å²) in [5.74, 6) is 0.890. The number of hydrazone groups is 1. The minimum atomic E-state index is 0.765. The van der Waals surface area contributed by atoms with Gasteiger partial charge in [0.1, 0.15) is 5.75 Å². The maximum atomic E-state index is 5.90. The predicted molar refractivity (Wildman–Crippen MR) is 98.4 cm³/mol. The molecular formula is C20H26N2O. The van der Waals surface area contributed by atoms with Gasteiger partial charge < -0.3 is 4.74 Å². The van der Waals surface area contributed by atoms with E-state index in [9.17, 15) is 0 Å². The third kappa shape index (κ3) is 6.55. The van der Waals surface area contributed by atoms with Gasteiger partial charge in [0.2, 0.25) is 0 Å². The summed E-state index contributed by atoms with van der Waals surface area (Å²) in [6.45, 7) is 3.00. The van der Waals surface area contributed by atoms with E-state index in [0.29, 0.717) is 0 Å². The van der Waals surface area contributed by atoms with E-state index in [0.717, 1.165) is 30.0 Å². The van der Waals surface area contributed by atoms with Gasteiger partial charge in [-0.2, -0.15) is 5.10 Å². The smallest absolute Gasteiger partial charge is 0.128 e. The van der Waals surface area contributed by atoms with Crippen LogP contribution in [0.4, 0.5) is 5.69 Å². The Balaban J connectivity index is 1.82. The minimum absolute atomic E-state index is 0.765. The number of hydrogen-bond acceptors (Lipinski definition) is 3. The molecule has 2 aromatic carbocycles. The summed E-state index contributed by atoms with van der Waals surface area (Å²) in [6, 6.07) is 17.9. The van der Waals surface area contributed by atoms with Crippen LogP contribution in [0.1, 0.15) is 44.6 Å². The van der Waals surface area contributed by atoms with Crippen LogP contribution in [0.5, 0.6) is 5.75 Å². The third-order valence-corrected chi connectivity index (χ3v) is 3.60. The molecule has 0 heterocycles. The molecule has 0 fully saturated rings. The van der Waals surface area contributed by atoms with Gasteiger partial charge in [-0.1, -0.05) is 62.9 Å². The second kappa shape index (κ2) is 10.4. The Morgan fingerprint density at radius 3 is 2.48 bits per heavy atom. The molecule has 3 heteroatoms. The largest absolute Gasteiger partial charge is 0.493 e. The van der Waals surface area contributed by atoms with Crippen molar-refractivity contribution in [3.63, 3.8) is 0 Å². The molecule has 0 amide bonds. The summed E-state index contributed by atoms with van der Waals surface area (Å²) >= 11 is 0. The van der Waals surface area contributed by atoms with E-state index < -0.39 is 0 Å². The van der Waals surface area contributed by atoms with Crippen LogP contribution in [0.25, 0.3) is 0 Å². The average molecular weight is 310 g/mol. The number of para-hydroxylation sites is 2. The number of hydrogen-bond donors (Lipinski definition) is 1. The van der Waals surface area contributed by atoms with Crippen LogP contribution in [-0.4, -0.2) is 12.8 Å². The molecule has 0 aromatic heterocycles. The van der Waals surface area contributed by atoms with Crippen molar-refractivity contribution in [2.45, 2.75) is 39.0 Å². The van der Waals surface area contributed by atoms with Crippen LogP contribution in [0.15, 0.2) is 59.7 Å². The zero-order valence-corrected chi connectivity index (χ0v) is 13.9. The monoisotopic (exact) mass is 310 g/mol. The molecule has 0 radical (unpaired) electrons. The van der Waals surface area contributed by atoms with Crippen molar-refractivity contribution in [2.24, 2.45) is 5.10 Å². The molecule has 0 saturated carbocycles. The first-order chi connectivity index (χ1) is 11.4. The molecule has 0 bridgehead atoms. The first-order valence-corrected chi connectivity index (χ1v) is 8.46. The van der Waals surface area contributed by atoms with Gasteiger partial charge in [0, 0.05) is 5.56 Å². The van der Waals surface area contributed by atoms with Crippen molar-refractivity contribution in [2.75, 3.05) is 12.0 Å². The van der Waals surface area contributed by atoms with Gasteiger partial charge in [-0.3, -0.25) is 5.43 Å². The summed E-state index contributed by atoms with van der Waals surface area (Å²) in [5.41, 5.74) is 4.99. The first-order valence-electron chi connectivity index (χ1n) is 8.46. The molecule has 2 aromatic rings. The molecule has 0 aliphatic carbocycles. The lowest BCUT2D eigenvalue weighted by molar-refractivity contribution is 0.304. The zero-order chi connectivity index (χ0) is 16.2. The van der Waals surface area contributed by atoms with E-state index in [-0.39, 0.29) is 0 Å². The number of nitrogens with zero attached hydrogens (tertiary/aromatic N) is 1. The molecule has 122 valence electrons. The summed E-state index contributed by atoms with van der Waals surface area (Å²) in [6.07, 6.45) is 8.03. The molecule has 0 aliphatic rings. The normalized spacial score (nSPS) is 10.8. The van der Waals surface area contributed by atoms with E-state index in [1.54, 1.807) is 6.21 Å². The maximum Gasteiger partial charge on any atom is 0.128 e. The van der Waals surface area contributed by atoms with Crippen LogP contribution in [0, 0.1) is 0 Å². The lowest BCUT2D eigenvalue weighted by Gasteiger charge is -2.08. The Hall–Kier alpha value is -2.29. The molecule has 2 rings (SSSR count). The highest BCUT2D eigenvalue weighted by atomic mass is 16.5. The standard InChI is InChI=1S/C20H26N2O/c1-2-3-4-5-11-16-23-20-15-10-9-12-18(20)17-21-22-19-13-7-6-8-14-19/h6-10,12-15,17,22H,2-5,11,16H2,1H3/b21-17+. The Bertz CT molecular complexity index is 581. The number of nitrogens with one attached hydrogen (secondary N) is 1. The maximum absolute atomic E-state index is 5.90. The molecule has 0 saturated heterocycles. The summed E-state index contributed by atoms with van der Waals surface area (Å²) in [4.78, 5) is 0. The number of rotatable bonds is 10. The van der Waals surface area contributed by atoms with E-state index >= 15 is 0 Å². The number of unbranched alkanes of at least 4 members (excludes halogenated alkanes) is 4. The Morgan fingerprint density at radius 1 is 0.913 bits per heavy atom. The van der Waals surface area contributed by atoms with Crippen LogP contribution in [0.2, 0.25) is 0 Å². The predicted octanol–water partition coefficient (Wildman–Crippen LogP) is 5.48. The second-order valence-corrected chi connectivity index (χ2v) is 5.54. The second-order valence-electron chi connectivity index (χ2n) is 5.54. The molecule has 0 unspecified atom stereocenters. The first kappa shape index (κ1) is 17.1. The fourth-order valence-corrected chi connectivity index (χ4v) is 2.30. The molecule has 0 atom stereocenters. The van der Waals surface area contributed by atoms with Crippen molar-refractivity contribution in [3.05, 3.63) is 60.2 Å². The molecule has 1 N–H and O–H groups in total. The minimum Gasteiger partial charge on any atom is -0.493 e. The fraction of sp³-hybridized carbons (Fsp3) is 0.350. The Kier molecular flexibility index (Phi) is 7.75. The highest BCUT2D eigenvalue weighted by molar-refractivity contribution is 5.83. The molecule has 0 spiro atoms. The number of ether oxygens (including phenoxy) is 1. The van der Waals surface area contributed by atoms with E-state index in [1.807, 2.05) is 54.6 Å². The Labute approximate surface area is 139 Å². The van der Waals surface area contributed by atoms with E-state index in [2.05, 4.69) is 17.5 Å². The third-order valence-electron chi connectivity index (χ3n) is 3.60. The molecule has 0 aliphatic heterocycles. The lowest BCUT2D eigenvalue weighted by Crippen LogP contribution is -2.00.